The molecule has 1 aliphatic heterocycles. The van der Waals surface area contributed by atoms with Gasteiger partial charge < -0.3 is 24.4 Å². The van der Waals surface area contributed by atoms with Crippen molar-refractivity contribution in [1.29, 1.82) is 0 Å². The van der Waals surface area contributed by atoms with Gasteiger partial charge in [-0.05, 0) is 51.1 Å². The Bertz CT molecular complexity index is 1550. The fourth-order valence-electron chi connectivity index (χ4n) is 3.80. The first-order chi connectivity index (χ1) is 21.0. The number of ether oxygens (including phenoxy) is 3. The SMILES string of the molecule is COc1ccc(C(=O)c2ccc(OCC3(C)CN(c4ccccc4)NC3=O)nc2)c(OC(C)(C)C(=O)O)c1.O=C(O)C(F)(F)F. The number of carbonyl (C=O) groups is 4. The van der Waals surface area contributed by atoms with Crippen LogP contribution >= 0.6 is 0 Å². The molecule has 240 valence electrons. The summed E-state index contributed by atoms with van der Waals surface area (Å²) in [5.41, 5.74) is 1.77. The van der Waals surface area contributed by atoms with E-state index in [1.165, 1.54) is 39.3 Å². The summed E-state index contributed by atoms with van der Waals surface area (Å²) in [6.07, 6.45) is -3.72. The number of anilines is 1. The Morgan fingerprint density at radius 1 is 1.02 bits per heavy atom. The normalized spacial score (nSPS) is 16.2. The quantitative estimate of drug-likeness (QED) is 0.275. The Balaban J connectivity index is 0.000000707. The van der Waals surface area contributed by atoms with Crippen LogP contribution in [0.2, 0.25) is 0 Å². The predicted octanol–water partition coefficient (Wildman–Crippen LogP) is 4.13. The number of alkyl halides is 3. The fourth-order valence-corrected chi connectivity index (χ4v) is 3.80. The van der Waals surface area contributed by atoms with Crippen LogP contribution in [-0.4, -0.2) is 70.9 Å². The van der Waals surface area contributed by atoms with Crippen molar-refractivity contribution < 1.29 is 56.8 Å². The summed E-state index contributed by atoms with van der Waals surface area (Å²) < 4.78 is 48.4. The molecule has 2 heterocycles. The van der Waals surface area contributed by atoms with E-state index >= 15 is 0 Å². The van der Waals surface area contributed by atoms with Crippen molar-refractivity contribution in [3.05, 3.63) is 78.0 Å². The number of carboxylic acids is 2. The molecule has 1 saturated heterocycles. The summed E-state index contributed by atoms with van der Waals surface area (Å²) in [6, 6.07) is 17.2. The van der Waals surface area contributed by atoms with Crippen LogP contribution in [0.15, 0.2) is 66.9 Å². The molecule has 0 spiro atoms. The zero-order valence-corrected chi connectivity index (χ0v) is 24.5. The summed E-state index contributed by atoms with van der Waals surface area (Å²) >= 11 is 0. The number of pyridine rings is 1. The van der Waals surface area contributed by atoms with Crippen molar-refractivity contribution in [1.82, 2.24) is 10.4 Å². The lowest BCUT2D eigenvalue weighted by Gasteiger charge is -2.23. The van der Waals surface area contributed by atoms with Crippen LogP contribution in [0.25, 0.3) is 0 Å². The number of hydrogen-bond donors (Lipinski definition) is 3. The summed E-state index contributed by atoms with van der Waals surface area (Å²) in [4.78, 5) is 50.6. The van der Waals surface area contributed by atoms with Gasteiger partial charge in [0.15, 0.2) is 11.4 Å². The molecule has 0 saturated carbocycles. The maximum absolute atomic E-state index is 13.3. The number of rotatable bonds is 10. The Morgan fingerprint density at radius 3 is 2.20 bits per heavy atom. The van der Waals surface area contributed by atoms with Gasteiger partial charge in [-0.3, -0.25) is 20.0 Å². The minimum atomic E-state index is -5.08. The first-order valence-corrected chi connectivity index (χ1v) is 13.1. The van der Waals surface area contributed by atoms with E-state index in [-0.39, 0.29) is 35.3 Å². The number of hydrazine groups is 1. The van der Waals surface area contributed by atoms with Gasteiger partial charge >= 0.3 is 18.1 Å². The zero-order valence-electron chi connectivity index (χ0n) is 24.5. The number of para-hydroxylation sites is 1. The van der Waals surface area contributed by atoms with Crippen molar-refractivity contribution in [2.45, 2.75) is 32.5 Å². The van der Waals surface area contributed by atoms with Crippen LogP contribution in [0.5, 0.6) is 17.4 Å². The lowest BCUT2D eigenvalue weighted by molar-refractivity contribution is -0.192. The third-order valence-corrected chi connectivity index (χ3v) is 6.45. The first kappa shape index (κ1) is 34.2. The molecule has 2 aromatic carbocycles. The van der Waals surface area contributed by atoms with Gasteiger partial charge in [-0.15, -0.1) is 0 Å². The topological polar surface area (TPSA) is 165 Å². The molecule has 12 nitrogen and oxygen atoms in total. The molecule has 1 amide bonds. The number of hydrogen-bond acceptors (Lipinski definition) is 9. The third-order valence-electron chi connectivity index (χ3n) is 6.45. The number of aliphatic carboxylic acids is 2. The van der Waals surface area contributed by atoms with E-state index in [1.807, 2.05) is 37.3 Å². The Hall–Kier alpha value is -5.34. The number of carboxylic acid groups (broad SMARTS) is 2. The second-order valence-electron chi connectivity index (χ2n) is 10.5. The second kappa shape index (κ2) is 13.5. The van der Waals surface area contributed by atoms with Crippen LogP contribution < -0.4 is 24.6 Å². The predicted molar refractivity (Wildman–Crippen MR) is 152 cm³/mol. The van der Waals surface area contributed by atoms with Gasteiger partial charge in [-0.25, -0.2) is 14.6 Å². The average Bonchev–Trinajstić information content (AvgIpc) is 3.30. The number of amides is 1. The van der Waals surface area contributed by atoms with Gasteiger partial charge in [0.25, 0.3) is 0 Å². The van der Waals surface area contributed by atoms with Crippen LogP contribution in [0.1, 0.15) is 36.7 Å². The number of nitrogens with one attached hydrogen (secondary N) is 1. The van der Waals surface area contributed by atoms with E-state index in [0.717, 1.165) is 5.69 Å². The molecule has 3 N–H and O–H groups in total. The molecule has 0 bridgehead atoms. The van der Waals surface area contributed by atoms with E-state index in [2.05, 4.69) is 10.4 Å². The van der Waals surface area contributed by atoms with Crippen molar-refractivity contribution in [3.63, 3.8) is 0 Å². The highest BCUT2D eigenvalue weighted by Crippen LogP contribution is 2.31. The fraction of sp³-hybridized carbons (Fsp3) is 0.300. The van der Waals surface area contributed by atoms with Gasteiger partial charge in [-0.1, -0.05) is 18.2 Å². The average molecular weight is 634 g/mol. The smallest absolute Gasteiger partial charge is 0.490 e. The molecule has 15 heteroatoms. The maximum Gasteiger partial charge on any atom is 0.490 e. The monoisotopic (exact) mass is 633 g/mol. The minimum absolute atomic E-state index is 0.0743. The largest absolute Gasteiger partial charge is 0.497 e. The highest BCUT2D eigenvalue weighted by atomic mass is 19.4. The summed E-state index contributed by atoms with van der Waals surface area (Å²) in [5.74, 6) is -3.77. The van der Waals surface area contributed by atoms with E-state index < -0.39 is 34.9 Å². The molecule has 4 rings (SSSR count). The second-order valence-corrected chi connectivity index (χ2v) is 10.5. The minimum Gasteiger partial charge on any atom is -0.497 e. The molecule has 1 aromatic heterocycles. The molecule has 0 radical (unpaired) electrons. The molecular weight excluding hydrogens is 603 g/mol. The maximum atomic E-state index is 13.3. The molecule has 0 aliphatic carbocycles. The third kappa shape index (κ3) is 8.61. The van der Waals surface area contributed by atoms with Gasteiger partial charge in [0.1, 0.15) is 23.5 Å². The van der Waals surface area contributed by atoms with Crippen LogP contribution in [-0.2, 0) is 14.4 Å². The summed E-state index contributed by atoms with van der Waals surface area (Å²) in [7, 11) is 1.46. The molecule has 1 atom stereocenters. The van der Waals surface area contributed by atoms with Crippen molar-refractivity contribution in [2.24, 2.45) is 5.41 Å². The zero-order chi connectivity index (χ0) is 33.6. The number of benzene rings is 2. The number of methoxy groups -OCH3 is 1. The molecule has 1 fully saturated rings. The number of ketones is 1. The molecule has 1 aliphatic rings. The Kier molecular flexibility index (Phi) is 10.3. The molecule has 1 unspecified atom stereocenters. The van der Waals surface area contributed by atoms with Crippen LogP contribution in [0.4, 0.5) is 18.9 Å². The van der Waals surface area contributed by atoms with E-state index in [1.54, 1.807) is 23.2 Å². The lowest BCUT2D eigenvalue weighted by atomic mass is 9.92. The van der Waals surface area contributed by atoms with Gasteiger partial charge in [0.2, 0.25) is 11.8 Å². The van der Waals surface area contributed by atoms with Gasteiger partial charge in [-0.2, -0.15) is 13.2 Å². The summed E-state index contributed by atoms with van der Waals surface area (Å²) in [6.45, 7) is 5.09. The first-order valence-electron chi connectivity index (χ1n) is 13.1. The van der Waals surface area contributed by atoms with Crippen molar-refractivity contribution >= 4 is 29.3 Å². The van der Waals surface area contributed by atoms with E-state index in [9.17, 15) is 32.7 Å². The van der Waals surface area contributed by atoms with Gasteiger partial charge in [0, 0.05) is 23.9 Å². The Morgan fingerprint density at radius 2 is 1.67 bits per heavy atom. The highest BCUT2D eigenvalue weighted by Gasteiger charge is 2.43. The van der Waals surface area contributed by atoms with Crippen LogP contribution in [0.3, 0.4) is 0 Å². The molecule has 3 aromatic rings. The molecule has 45 heavy (non-hydrogen) atoms. The highest BCUT2D eigenvalue weighted by molar-refractivity contribution is 6.10. The number of carbonyl (C=O) groups excluding carboxylic acids is 2. The number of halogens is 3. The van der Waals surface area contributed by atoms with E-state index in [0.29, 0.717) is 12.3 Å². The van der Waals surface area contributed by atoms with Crippen LogP contribution in [0, 0.1) is 5.41 Å². The van der Waals surface area contributed by atoms with Crippen molar-refractivity contribution in [3.8, 4) is 17.4 Å². The summed E-state index contributed by atoms with van der Waals surface area (Å²) in [5, 5.41) is 18.4. The molecular formula is C30H30F3N3O9. The Labute approximate surface area is 255 Å². The van der Waals surface area contributed by atoms with Crippen molar-refractivity contribution in [2.75, 3.05) is 25.3 Å². The number of nitrogens with zero attached hydrogens (tertiary/aromatic N) is 2. The van der Waals surface area contributed by atoms with Gasteiger partial charge in [0.05, 0.1) is 24.9 Å². The lowest BCUT2D eigenvalue weighted by Crippen LogP contribution is -2.38. The van der Waals surface area contributed by atoms with E-state index in [4.69, 9.17) is 24.1 Å². The standard InChI is InChI=1S/C28H29N3O7.C2HF3O2/c1-27(2,26(34)35)38-22-14-20(36-4)11-12-21(22)24(32)18-10-13-23(29-15-18)37-17-28(3)16-31(30-25(28)33)19-8-6-5-7-9-19;3-2(4,5)1(6)7/h5-15H,16-17H2,1-4H3,(H,30,33)(H,34,35);(H,6,7). The number of aromatic nitrogens is 1.